The molecule has 87 heavy (non-hydrogen) atoms. The molecule has 0 aromatic heterocycles. The van der Waals surface area contributed by atoms with Crippen LogP contribution in [0.4, 0.5) is 0 Å². The van der Waals surface area contributed by atoms with Gasteiger partial charge < -0.3 is 33.8 Å². The topological polar surface area (TPSA) is 237 Å². The molecule has 0 spiro atoms. The fourth-order valence-corrected chi connectivity index (χ4v) is 11.7. The van der Waals surface area contributed by atoms with Crippen LogP contribution < -0.4 is 0 Å². The van der Waals surface area contributed by atoms with Gasteiger partial charge in [-0.25, -0.2) is 9.13 Å². The summed E-state index contributed by atoms with van der Waals surface area (Å²) in [7, 11) is -9.90. The predicted octanol–water partition coefficient (Wildman–Crippen LogP) is 18.9. The van der Waals surface area contributed by atoms with Gasteiger partial charge in [0.05, 0.1) is 26.4 Å². The summed E-state index contributed by atoms with van der Waals surface area (Å²) < 4.78 is 68.1. The van der Waals surface area contributed by atoms with Gasteiger partial charge in [0, 0.05) is 25.7 Å². The molecule has 3 N–H and O–H groups in total. The molecule has 0 heterocycles. The van der Waals surface area contributed by atoms with E-state index in [1.165, 1.54) is 128 Å². The van der Waals surface area contributed by atoms with Crippen molar-refractivity contribution >= 4 is 39.5 Å². The number of phosphoric ester groups is 2. The highest BCUT2D eigenvalue weighted by atomic mass is 31.2. The zero-order valence-corrected chi connectivity index (χ0v) is 58.4. The highest BCUT2D eigenvalue weighted by Gasteiger charge is 2.30. The van der Waals surface area contributed by atoms with Gasteiger partial charge in [0.15, 0.2) is 12.2 Å². The van der Waals surface area contributed by atoms with Gasteiger partial charge in [-0.2, -0.15) is 0 Å². The van der Waals surface area contributed by atoms with Crippen LogP contribution in [0, 0.1) is 23.7 Å². The second kappa shape index (κ2) is 57.9. The molecule has 0 amide bonds. The van der Waals surface area contributed by atoms with E-state index in [0.717, 1.165) is 114 Å². The number of unbranched alkanes of at least 4 members (excludes halogenated alkanes) is 29. The van der Waals surface area contributed by atoms with Crippen LogP contribution in [0.25, 0.3) is 0 Å². The fourth-order valence-electron chi connectivity index (χ4n) is 10.1. The zero-order valence-electron chi connectivity index (χ0n) is 56.6. The summed E-state index contributed by atoms with van der Waals surface area (Å²) in [5.74, 6) is 0.838. The summed E-state index contributed by atoms with van der Waals surface area (Å²) in [6, 6.07) is 0. The van der Waals surface area contributed by atoms with Crippen molar-refractivity contribution in [2.75, 3.05) is 39.6 Å². The Morgan fingerprint density at radius 1 is 0.322 bits per heavy atom. The summed E-state index contributed by atoms with van der Waals surface area (Å²) in [6.07, 6.45) is 39.0. The molecule has 7 atom stereocenters. The summed E-state index contributed by atoms with van der Waals surface area (Å²) in [4.78, 5) is 72.4. The lowest BCUT2D eigenvalue weighted by molar-refractivity contribution is -0.161. The highest BCUT2D eigenvalue weighted by Crippen LogP contribution is 2.45. The van der Waals surface area contributed by atoms with Crippen LogP contribution >= 0.6 is 15.6 Å². The van der Waals surface area contributed by atoms with Crippen molar-refractivity contribution in [1.82, 2.24) is 0 Å². The van der Waals surface area contributed by atoms with Gasteiger partial charge in [-0.05, 0) is 49.4 Å². The Balaban J connectivity index is 5.25. The first-order valence-electron chi connectivity index (χ1n) is 35.3. The first kappa shape index (κ1) is 85.1. The minimum Gasteiger partial charge on any atom is -0.462 e. The molecule has 0 aromatic rings. The van der Waals surface area contributed by atoms with Crippen molar-refractivity contribution in [2.45, 2.75) is 350 Å². The van der Waals surface area contributed by atoms with Crippen molar-refractivity contribution < 1.29 is 80.2 Å². The summed E-state index contributed by atoms with van der Waals surface area (Å²) in [6.45, 7) is 14.0. The Morgan fingerprint density at radius 2 is 0.552 bits per heavy atom. The standard InChI is InChI=1S/C68H132O17P2/c1-9-60(7)46-38-30-21-17-14-15-18-22-32-40-48-65(70)78-54-63(84-67(72)50-42-34-23-19-13-11-12-16-20-28-36-44-58(3)4)56-82-86(74,75)80-52-62(69)53-81-87(76,77)83-57-64(85-68(73)51-43-35-26-24-29-37-45-59(5)6)55-79-66(71)49-41-33-27-25-31-39-47-61(8)10-2/h58-64,69H,9-57H2,1-8H3,(H,74,75)(H,76,77)/t60?,61?,62-,63-,64-/m1/s1. The van der Waals surface area contributed by atoms with Gasteiger partial charge >= 0.3 is 39.5 Å². The quantitative estimate of drug-likeness (QED) is 0.0222. The van der Waals surface area contributed by atoms with Gasteiger partial charge in [-0.3, -0.25) is 37.3 Å². The van der Waals surface area contributed by atoms with Crippen molar-refractivity contribution in [1.29, 1.82) is 0 Å². The smallest absolute Gasteiger partial charge is 0.462 e. The van der Waals surface area contributed by atoms with Crippen LogP contribution in [-0.2, 0) is 65.4 Å². The van der Waals surface area contributed by atoms with Gasteiger partial charge in [-0.15, -0.1) is 0 Å². The molecule has 0 aliphatic rings. The monoisotopic (exact) mass is 1280 g/mol. The third kappa shape index (κ3) is 60.1. The molecule has 0 radical (unpaired) electrons. The number of carbonyl (C=O) groups excluding carboxylic acids is 4. The molecule has 0 rings (SSSR count). The van der Waals surface area contributed by atoms with Crippen LogP contribution in [0.2, 0.25) is 0 Å². The van der Waals surface area contributed by atoms with Gasteiger partial charge in [0.1, 0.15) is 19.3 Å². The molecule has 516 valence electrons. The van der Waals surface area contributed by atoms with E-state index >= 15 is 0 Å². The lowest BCUT2D eigenvalue weighted by atomic mass is 9.99. The van der Waals surface area contributed by atoms with E-state index in [4.69, 9.17) is 37.0 Å². The number of phosphoric acid groups is 2. The molecule has 0 saturated carbocycles. The average molecular weight is 1280 g/mol. The lowest BCUT2D eigenvalue weighted by Gasteiger charge is -2.21. The molecule has 0 aliphatic carbocycles. The Labute approximate surface area is 530 Å². The largest absolute Gasteiger partial charge is 0.472 e. The molecular formula is C68H132O17P2. The normalized spacial score (nSPS) is 15.0. The molecule has 17 nitrogen and oxygen atoms in total. The van der Waals surface area contributed by atoms with Crippen LogP contribution in [0.1, 0.15) is 331 Å². The van der Waals surface area contributed by atoms with Gasteiger partial charge in [-0.1, -0.05) is 280 Å². The van der Waals surface area contributed by atoms with Crippen molar-refractivity contribution in [2.24, 2.45) is 23.7 Å². The maximum Gasteiger partial charge on any atom is 0.472 e. The van der Waals surface area contributed by atoms with E-state index in [1.807, 2.05) is 0 Å². The maximum absolute atomic E-state index is 13.0. The van der Waals surface area contributed by atoms with Crippen LogP contribution in [-0.4, -0.2) is 96.7 Å². The Kier molecular flexibility index (Phi) is 56.6. The summed E-state index contributed by atoms with van der Waals surface area (Å²) in [5, 5.41) is 10.6. The van der Waals surface area contributed by atoms with Crippen LogP contribution in [0.5, 0.6) is 0 Å². The first-order chi connectivity index (χ1) is 41.7. The lowest BCUT2D eigenvalue weighted by Crippen LogP contribution is -2.30. The number of ether oxygens (including phenoxy) is 4. The van der Waals surface area contributed by atoms with E-state index in [-0.39, 0.29) is 25.7 Å². The number of hydrogen-bond acceptors (Lipinski definition) is 15. The number of esters is 4. The van der Waals surface area contributed by atoms with Crippen molar-refractivity contribution in [3.63, 3.8) is 0 Å². The number of aliphatic hydroxyl groups excluding tert-OH is 1. The summed E-state index contributed by atoms with van der Waals surface area (Å²) >= 11 is 0. The molecule has 0 bridgehead atoms. The van der Waals surface area contributed by atoms with E-state index in [2.05, 4.69) is 55.4 Å². The number of aliphatic hydroxyl groups is 1. The van der Waals surface area contributed by atoms with Crippen molar-refractivity contribution in [3.05, 3.63) is 0 Å². The second-order valence-corrected chi connectivity index (χ2v) is 28.9. The third-order valence-electron chi connectivity index (χ3n) is 16.3. The Bertz CT molecular complexity index is 1730. The number of carbonyl (C=O) groups is 4. The van der Waals surface area contributed by atoms with Crippen molar-refractivity contribution in [3.8, 4) is 0 Å². The molecule has 19 heteroatoms. The Hall–Kier alpha value is -1.94. The Morgan fingerprint density at radius 3 is 0.816 bits per heavy atom. The van der Waals surface area contributed by atoms with E-state index in [9.17, 15) is 43.2 Å². The number of hydrogen-bond donors (Lipinski definition) is 3. The van der Waals surface area contributed by atoms with E-state index in [0.29, 0.717) is 31.6 Å². The predicted molar refractivity (Wildman–Crippen MR) is 349 cm³/mol. The second-order valence-electron chi connectivity index (χ2n) is 26.0. The minimum atomic E-state index is -4.95. The molecule has 0 fully saturated rings. The third-order valence-corrected chi connectivity index (χ3v) is 18.2. The molecule has 0 aromatic carbocycles. The average Bonchev–Trinajstić information content (AvgIpc) is 3.70. The molecule has 0 saturated heterocycles. The van der Waals surface area contributed by atoms with Gasteiger partial charge in [0.25, 0.3) is 0 Å². The SMILES string of the molecule is CCC(C)CCCCCCCCCCCCC(=O)OC[C@H](COP(=O)(O)OC[C@@H](O)COP(=O)(O)OC[C@@H](COC(=O)CCCCCCCCC(C)CC)OC(=O)CCCCCCCCC(C)C)OC(=O)CCCCCCCCCCCCCC(C)C. The molecule has 4 unspecified atom stereocenters. The fraction of sp³-hybridized carbons (Fsp3) is 0.941. The maximum atomic E-state index is 13.0. The van der Waals surface area contributed by atoms with Crippen LogP contribution in [0.3, 0.4) is 0 Å². The molecule has 0 aliphatic heterocycles. The van der Waals surface area contributed by atoms with E-state index < -0.39 is 97.5 Å². The van der Waals surface area contributed by atoms with E-state index in [1.54, 1.807) is 0 Å². The highest BCUT2D eigenvalue weighted by molar-refractivity contribution is 7.47. The van der Waals surface area contributed by atoms with Crippen LogP contribution in [0.15, 0.2) is 0 Å². The molecular weight excluding hydrogens is 1150 g/mol. The first-order valence-corrected chi connectivity index (χ1v) is 38.3. The van der Waals surface area contributed by atoms with Gasteiger partial charge in [0.2, 0.25) is 0 Å². The zero-order chi connectivity index (χ0) is 64.7. The minimum absolute atomic E-state index is 0.101. The number of rotatable bonds is 65. The summed E-state index contributed by atoms with van der Waals surface area (Å²) in [5.41, 5.74) is 0.